The molecule has 1 aliphatic heterocycles. The summed E-state index contributed by atoms with van der Waals surface area (Å²) < 4.78 is 0. The van der Waals surface area contributed by atoms with E-state index in [1.165, 1.54) is 71.0 Å². The van der Waals surface area contributed by atoms with Gasteiger partial charge in [0.25, 0.3) is 0 Å². The van der Waals surface area contributed by atoms with Crippen molar-refractivity contribution in [2.45, 2.75) is 65.2 Å². The van der Waals surface area contributed by atoms with Gasteiger partial charge in [-0.1, -0.05) is 20.3 Å². The fraction of sp³-hybridized carbons (Fsp3) is 0.947. The van der Waals surface area contributed by atoms with Crippen molar-refractivity contribution in [2.75, 3.05) is 39.8 Å². The Morgan fingerprint density at radius 1 is 1.09 bits per heavy atom. The number of aliphatic imine (C=N–C) groups is 1. The number of hydrogen-bond donors (Lipinski definition) is 2. The number of unbranched alkanes of at least 4 members (excludes halogenated alkanes) is 1. The van der Waals surface area contributed by atoms with E-state index in [0.717, 1.165) is 25.0 Å². The molecule has 0 atom stereocenters. The summed E-state index contributed by atoms with van der Waals surface area (Å²) in [6.45, 7) is 10.7. The van der Waals surface area contributed by atoms with Crippen LogP contribution in [-0.2, 0) is 0 Å². The van der Waals surface area contributed by atoms with E-state index in [9.17, 15) is 0 Å². The molecule has 0 unspecified atom stereocenters. The number of guanidine groups is 1. The van der Waals surface area contributed by atoms with Gasteiger partial charge in [0, 0.05) is 20.1 Å². The van der Waals surface area contributed by atoms with Crippen LogP contribution in [0, 0.1) is 11.3 Å². The van der Waals surface area contributed by atoms with Crippen LogP contribution in [0.3, 0.4) is 0 Å². The van der Waals surface area contributed by atoms with E-state index >= 15 is 0 Å². The van der Waals surface area contributed by atoms with Gasteiger partial charge in [-0.2, -0.15) is 0 Å². The number of hydrogen-bond acceptors (Lipinski definition) is 2. The van der Waals surface area contributed by atoms with Gasteiger partial charge in [0.1, 0.15) is 0 Å². The molecule has 2 fully saturated rings. The van der Waals surface area contributed by atoms with Gasteiger partial charge >= 0.3 is 0 Å². The molecule has 134 valence electrons. The predicted octanol–water partition coefficient (Wildman–Crippen LogP) is 3.24. The molecule has 2 N–H and O–H groups in total. The van der Waals surface area contributed by atoms with Gasteiger partial charge in [-0.05, 0) is 75.9 Å². The van der Waals surface area contributed by atoms with Crippen molar-refractivity contribution in [1.29, 1.82) is 0 Å². The lowest BCUT2D eigenvalue weighted by molar-refractivity contribution is 0.104. The van der Waals surface area contributed by atoms with Gasteiger partial charge in [-0.25, -0.2) is 0 Å². The van der Waals surface area contributed by atoms with Crippen molar-refractivity contribution < 1.29 is 0 Å². The first-order valence-corrected chi connectivity index (χ1v) is 9.80. The fourth-order valence-corrected chi connectivity index (χ4v) is 4.16. The molecule has 0 aromatic rings. The summed E-state index contributed by atoms with van der Waals surface area (Å²) >= 11 is 0. The summed E-state index contributed by atoms with van der Waals surface area (Å²) in [5, 5.41) is 7.07. The van der Waals surface area contributed by atoms with Gasteiger partial charge < -0.3 is 15.5 Å². The molecule has 0 bridgehead atoms. The average Bonchev–Trinajstić information content (AvgIpc) is 2.99. The van der Waals surface area contributed by atoms with E-state index < -0.39 is 0 Å². The van der Waals surface area contributed by atoms with Gasteiger partial charge in [-0.15, -0.1) is 0 Å². The highest BCUT2D eigenvalue weighted by Crippen LogP contribution is 2.45. The largest absolute Gasteiger partial charge is 0.356 e. The molecule has 1 saturated heterocycles. The summed E-state index contributed by atoms with van der Waals surface area (Å²) in [5.74, 6) is 1.78. The monoisotopic (exact) mass is 322 g/mol. The quantitative estimate of drug-likeness (QED) is 0.389. The Morgan fingerprint density at radius 3 is 2.39 bits per heavy atom. The first kappa shape index (κ1) is 18.6. The molecular weight excluding hydrogens is 284 g/mol. The minimum atomic E-state index is 0.529. The molecular formula is C19H38N4. The molecule has 0 aromatic heterocycles. The summed E-state index contributed by atoms with van der Waals surface area (Å²) in [6, 6.07) is 0. The topological polar surface area (TPSA) is 39.7 Å². The van der Waals surface area contributed by atoms with Crippen molar-refractivity contribution in [1.82, 2.24) is 15.5 Å². The molecule has 1 heterocycles. The lowest BCUT2D eigenvalue weighted by Crippen LogP contribution is -2.47. The van der Waals surface area contributed by atoms with Crippen molar-refractivity contribution >= 4 is 5.96 Å². The van der Waals surface area contributed by atoms with Crippen LogP contribution in [0.4, 0.5) is 0 Å². The molecule has 2 rings (SSSR count). The van der Waals surface area contributed by atoms with Gasteiger partial charge in [-0.3, -0.25) is 4.99 Å². The molecule has 0 radical (unpaired) electrons. The first-order valence-electron chi connectivity index (χ1n) is 9.80. The highest BCUT2D eigenvalue weighted by atomic mass is 15.2. The van der Waals surface area contributed by atoms with Crippen LogP contribution in [0.1, 0.15) is 65.2 Å². The van der Waals surface area contributed by atoms with Crippen LogP contribution >= 0.6 is 0 Å². The minimum absolute atomic E-state index is 0.529. The third-order valence-electron chi connectivity index (χ3n) is 5.50. The smallest absolute Gasteiger partial charge is 0.190 e. The highest BCUT2D eigenvalue weighted by molar-refractivity contribution is 5.79. The van der Waals surface area contributed by atoms with E-state index in [4.69, 9.17) is 0 Å². The standard InChI is InChI=1S/C19H38N4/c1-17(2)15-19(9-8-10-19)16-22-18(20-3)21-11-4-5-12-23-13-6-7-14-23/h17H,4-16H2,1-3H3,(H2,20,21,22). The molecule has 1 aliphatic carbocycles. The van der Waals surface area contributed by atoms with E-state index in [1.807, 2.05) is 7.05 Å². The Kier molecular flexibility index (Phi) is 7.68. The zero-order valence-electron chi connectivity index (χ0n) is 15.7. The Morgan fingerprint density at radius 2 is 1.83 bits per heavy atom. The van der Waals surface area contributed by atoms with Crippen LogP contribution in [0.15, 0.2) is 4.99 Å². The Hall–Kier alpha value is -0.770. The van der Waals surface area contributed by atoms with Crippen LogP contribution < -0.4 is 10.6 Å². The summed E-state index contributed by atoms with van der Waals surface area (Å²) in [6.07, 6.45) is 10.8. The Bertz CT molecular complexity index is 354. The van der Waals surface area contributed by atoms with Crippen molar-refractivity contribution in [3.63, 3.8) is 0 Å². The third-order valence-corrected chi connectivity index (χ3v) is 5.50. The van der Waals surface area contributed by atoms with Crippen molar-refractivity contribution in [2.24, 2.45) is 16.3 Å². The molecule has 4 nitrogen and oxygen atoms in total. The zero-order valence-corrected chi connectivity index (χ0v) is 15.7. The Labute approximate surface area is 143 Å². The maximum Gasteiger partial charge on any atom is 0.190 e. The second-order valence-corrected chi connectivity index (χ2v) is 8.06. The zero-order chi connectivity index (χ0) is 16.5. The lowest BCUT2D eigenvalue weighted by atomic mass is 9.64. The van der Waals surface area contributed by atoms with E-state index in [1.54, 1.807) is 0 Å². The summed E-state index contributed by atoms with van der Waals surface area (Å²) in [4.78, 5) is 6.98. The molecule has 0 spiro atoms. The van der Waals surface area contributed by atoms with Crippen LogP contribution in [0.5, 0.6) is 0 Å². The van der Waals surface area contributed by atoms with Crippen LogP contribution in [0.25, 0.3) is 0 Å². The van der Waals surface area contributed by atoms with Crippen molar-refractivity contribution in [3.8, 4) is 0 Å². The maximum absolute atomic E-state index is 4.39. The van der Waals surface area contributed by atoms with Gasteiger partial charge in [0.15, 0.2) is 5.96 Å². The summed E-state index contributed by atoms with van der Waals surface area (Å²) in [7, 11) is 1.88. The van der Waals surface area contributed by atoms with Crippen LogP contribution in [-0.4, -0.2) is 50.6 Å². The minimum Gasteiger partial charge on any atom is -0.356 e. The molecule has 23 heavy (non-hydrogen) atoms. The number of rotatable bonds is 9. The molecule has 2 aliphatic rings. The number of likely N-dealkylation sites (tertiary alicyclic amines) is 1. The average molecular weight is 323 g/mol. The number of nitrogens with one attached hydrogen (secondary N) is 2. The maximum atomic E-state index is 4.39. The molecule has 0 amide bonds. The van der Waals surface area contributed by atoms with Crippen molar-refractivity contribution in [3.05, 3.63) is 0 Å². The second kappa shape index (κ2) is 9.51. The second-order valence-electron chi connectivity index (χ2n) is 8.06. The summed E-state index contributed by atoms with van der Waals surface area (Å²) in [5.41, 5.74) is 0.529. The predicted molar refractivity (Wildman–Crippen MR) is 100 cm³/mol. The lowest BCUT2D eigenvalue weighted by Gasteiger charge is -2.43. The molecule has 1 saturated carbocycles. The molecule has 4 heteroatoms. The van der Waals surface area contributed by atoms with Gasteiger partial charge in [0.05, 0.1) is 0 Å². The number of nitrogens with zero attached hydrogens (tertiary/aromatic N) is 2. The van der Waals surface area contributed by atoms with E-state index in [0.29, 0.717) is 5.41 Å². The van der Waals surface area contributed by atoms with Crippen LogP contribution in [0.2, 0.25) is 0 Å². The Balaban J connectivity index is 1.57. The fourth-order valence-electron chi connectivity index (χ4n) is 4.16. The van der Waals surface area contributed by atoms with E-state index in [2.05, 4.69) is 34.4 Å². The van der Waals surface area contributed by atoms with E-state index in [-0.39, 0.29) is 0 Å². The SMILES string of the molecule is CN=C(NCCCCN1CCCC1)NCC1(CC(C)C)CCC1. The normalized spacial score (nSPS) is 21.5. The first-order chi connectivity index (χ1) is 11.1. The molecule has 0 aromatic carbocycles. The van der Waals surface area contributed by atoms with Gasteiger partial charge in [0.2, 0.25) is 0 Å². The highest BCUT2D eigenvalue weighted by Gasteiger charge is 2.37. The third kappa shape index (κ3) is 6.33.